The Morgan fingerprint density at radius 2 is 2.00 bits per heavy atom. The van der Waals surface area contributed by atoms with Gasteiger partial charge in [-0.15, -0.1) is 0 Å². The minimum Gasteiger partial charge on any atom is -0.494 e. The Labute approximate surface area is 140 Å². The molecule has 0 saturated carbocycles. The van der Waals surface area contributed by atoms with Crippen LogP contribution in [0.1, 0.15) is 25.6 Å². The van der Waals surface area contributed by atoms with Gasteiger partial charge < -0.3 is 19.7 Å². The average molecular weight is 328 g/mol. The number of anilines is 1. The van der Waals surface area contributed by atoms with Crippen LogP contribution in [0.15, 0.2) is 48.7 Å². The molecule has 0 saturated heterocycles. The number of carboxylic acids is 1. The van der Waals surface area contributed by atoms with Crippen molar-refractivity contribution in [3.63, 3.8) is 0 Å². The Morgan fingerprint density at radius 1 is 1.29 bits per heavy atom. The first kappa shape index (κ1) is 17.3. The zero-order chi connectivity index (χ0) is 17.5. The summed E-state index contributed by atoms with van der Waals surface area (Å²) in [4.78, 5) is 23.0. The van der Waals surface area contributed by atoms with Gasteiger partial charge in [-0.25, -0.2) is 4.79 Å². The normalized spacial score (nSPS) is 12.1. The number of amides is 1. The number of hydrogen-bond acceptors (Lipinski definition) is 3. The second-order valence-corrected chi connectivity index (χ2v) is 5.13. The van der Waals surface area contributed by atoms with E-state index in [1.807, 2.05) is 6.92 Å². The maximum Gasteiger partial charge on any atom is 0.328 e. The lowest BCUT2D eigenvalue weighted by atomic mass is 10.2. The molecule has 0 aliphatic rings. The van der Waals surface area contributed by atoms with Crippen molar-refractivity contribution in [3.8, 4) is 5.75 Å². The van der Waals surface area contributed by atoms with Crippen LogP contribution < -0.4 is 10.1 Å². The molecule has 2 N–H and O–H groups in total. The summed E-state index contributed by atoms with van der Waals surface area (Å²) in [5, 5.41) is 11.6. The number of rotatable bonds is 7. The van der Waals surface area contributed by atoms with E-state index in [-0.39, 0.29) is 5.91 Å². The van der Waals surface area contributed by atoms with Gasteiger partial charge in [-0.1, -0.05) is 0 Å². The van der Waals surface area contributed by atoms with Crippen molar-refractivity contribution in [2.75, 3.05) is 11.9 Å². The largest absolute Gasteiger partial charge is 0.494 e. The van der Waals surface area contributed by atoms with Crippen LogP contribution in [0.25, 0.3) is 6.08 Å². The van der Waals surface area contributed by atoms with E-state index >= 15 is 0 Å². The van der Waals surface area contributed by atoms with Gasteiger partial charge in [-0.2, -0.15) is 0 Å². The van der Waals surface area contributed by atoms with E-state index in [0.717, 1.165) is 11.8 Å². The number of hydrogen-bond donors (Lipinski definition) is 2. The third-order valence-electron chi connectivity index (χ3n) is 3.44. The molecule has 1 heterocycles. The lowest BCUT2D eigenvalue weighted by molar-refractivity contribution is -0.131. The molecule has 2 rings (SSSR count). The fraction of sp³-hybridized carbons (Fsp3) is 0.222. The minimum absolute atomic E-state index is 0.194. The summed E-state index contributed by atoms with van der Waals surface area (Å²) in [7, 11) is 0. The summed E-state index contributed by atoms with van der Waals surface area (Å²) in [5.74, 6) is -0.482. The maximum absolute atomic E-state index is 12.4. The molecule has 1 amide bonds. The molecule has 126 valence electrons. The zero-order valence-corrected chi connectivity index (χ0v) is 13.6. The molecule has 6 nitrogen and oxygen atoms in total. The van der Waals surface area contributed by atoms with Crippen molar-refractivity contribution in [2.24, 2.45) is 0 Å². The molecule has 2 aromatic rings. The first-order chi connectivity index (χ1) is 11.5. The number of nitrogens with one attached hydrogen (secondary N) is 1. The Morgan fingerprint density at radius 3 is 2.62 bits per heavy atom. The van der Waals surface area contributed by atoms with Crippen LogP contribution in [0.3, 0.4) is 0 Å². The molecule has 0 bridgehead atoms. The fourth-order valence-corrected chi connectivity index (χ4v) is 2.23. The molecule has 6 heteroatoms. The molecule has 1 atom stereocenters. The van der Waals surface area contributed by atoms with Crippen LogP contribution >= 0.6 is 0 Å². The number of benzene rings is 1. The lowest BCUT2D eigenvalue weighted by Crippen LogP contribution is -2.23. The summed E-state index contributed by atoms with van der Waals surface area (Å²) in [6.07, 6.45) is 4.25. The molecule has 0 aliphatic carbocycles. The number of nitrogens with zero attached hydrogens (tertiary/aromatic N) is 1. The summed E-state index contributed by atoms with van der Waals surface area (Å²) in [6.45, 7) is 4.25. The third kappa shape index (κ3) is 4.49. The third-order valence-corrected chi connectivity index (χ3v) is 3.44. The van der Waals surface area contributed by atoms with Crippen LogP contribution in [0.5, 0.6) is 5.75 Å². The van der Waals surface area contributed by atoms with Crippen LogP contribution in [0, 0.1) is 0 Å². The van der Waals surface area contributed by atoms with Crippen LogP contribution in [-0.4, -0.2) is 28.2 Å². The monoisotopic (exact) mass is 328 g/mol. The maximum atomic E-state index is 12.4. The number of carboxylic acid groups (broad SMARTS) is 1. The highest BCUT2D eigenvalue weighted by molar-refractivity contribution is 5.93. The van der Waals surface area contributed by atoms with E-state index in [0.29, 0.717) is 18.0 Å². The topological polar surface area (TPSA) is 80.6 Å². The van der Waals surface area contributed by atoms with Gasteiger partial charge in [0, 0.05) is 23.7 Å². The summed E-state index contributed by atoms with van der Waals surface area (Å²) in [5.41, 5.74) is 1.32. The van der Waals surface area contributed by atoms with E-state index in [9.17, 15) is 9.59 Å². The fourth-order valence-electron chi connectivity index (χ4n) is 2.23. The summed E-state index contributed by atoms with van der Waals surface area (Å²) >= 11 is 0. The Balaban J connectivity index is 2.07. The molecule has 24 heavy (non-hydrogen) atoms. The van der Waals surface area contributed by atoms with Crippen molar-refractivity contribution < 1.29 is 19.4 Å². The predicted octanol–water partition coefficient (Wildman–Crippen LogP) is 3.18. The zero-order valence-electron chi connectivity index (χ0n) is 13.6. The van der Waals surface area contributed by atoms with Gasteiger partial charge in [0.1, 0.15) is 11.8 Å². The molecule has 1 aromatic carbocycles. The van der Waals surface area contributed by atoms with Crippen molar-refractivity contribution >= 4 is 23.6 Å². The van der Waals surface area contributed by atoms with Crippen LogP contribution in [-0.2, 0) is 9.59 Å². The Bertz CT molecular complexity index is 732. The Hall–Kier alpha value is -3.02. The number of aliphatic carboxylic acids is 1. The van der Waals surface area contributed by atoms with Crippen molar-refractivity contribution in [2.45, 2.75) is 19.9 Å². The molecule has 0 fully saturated rings. The number of carbonyl (C=O) groups excluding carboxylic acids is 1. The quantitative estimate of drug-likeness (QED) is 0.765. The van der Waals surface area contributed by atoms with E-state index in [2.05, 4.69) is 5.32 Å². The smallest absolute Gasteiger partial charge is 0.328 e. The van der Waals surface area contributed by atoms with E-state index < -0.39 is 12.0 Å². The number of carbonyl (C=O) groups is 2. The SMILES string of the molecule is CCOc1ccc(NC(=O)C(C)n2cccc2/C=C/C(=O)O)cc1. The second kappa shape index (κ2) is 8.01. The van der Waals surface area contributed by atoms with Crippen molar-refractivity contribution in [1.29, 1.82) is 0 Å². The van der Waals surface area contributed by atoms with Gasteiger partial charge in [0.25, 0.3) is 0 Å². The molecule has 0 radical (unpaired) electrons. The molecule has 0 spiro atoms. The second-order valence-electron chi connectivity index (χ2n) is 5.13. The van der Waals surface area contributed by atoms with Crippen LogP contribution in [0.2, 0.25) is 0 Å². The van der Waals surface area contributed by atoms with Gasteiger partial charge in [0.05, 0.1) is 6.61 Å². The highest BCUT2D eigenvalue weighted by Gasteiger charge is 2.16. The number of ether oxygens (including phenoxy) is 1. The van der Waals surface area contributed by atoms with Gasteiger partial charge in [-0.3, -0.25) is 4.79 Å². The summed E-state index contributed by atoms with van der Waals surface area (Å²) in [6, 6.07) is 10.2. The summed E-state index contributed by atoms with van der Waals surface area (Å²) < 4.78 is 7.07. The van der Waals surface area contributed by atoms with E-state index in [1.54, 1.807) is 54.1 Å². The van der Waals surface area contributed by atoms with Gasteiger partial charge in [-0.05, 0) is 56.3 Å². The van der Waals surface area contributed by atoms with E-state index in [4.69, 9.17) is 9.84 Å². The lowest BCUT2D eigenvalue weighted by Gasteiger charge is -2.16. The van der Waals surface area contributed by atoms with Crippen molar-refractivity contribution in [1.82, 2.24) is 4.57 Å². The predicted molar refractivity (Wildman–Crippen MR) is 92.1 cm³/mol. The molecule has 1 unspecified atom stereocenters. The van der Waals surface area contributed by atoms with Gasteiger partial charge in [0.2, 0.25) is 5.91 Å². The first-order valence-electron chi connectivity index (χ1n) is 7.63. The first-order valence-corrected chi connectivity index (χ1v) is 7.63. The highest BCUT2D eigenvalue weighted by atomic mass is 16.5. The minimum atomic E-state index is -1.03. The number of aromatic nitrogens is 1. The highest BCUT2D eigenvalue weighted by Crippen LogP contribution is 2.19. The molecule has 0 aliphatic heterocycles. The molecular weight excluding hydrogens is 308 g/mol. The van der Waals surface area contributed by atoms with Crippen molar-refractivity contribution in [3.05, 3.63) is 54.4 Å². The van der Waals surface area contributed by atoms with E-state index in [1.165, 1.54) is 6.08 Å². The Kier molecular flexibility index (Phi) is 5.78. The van der Waals surface area contributed by atoms with Gasteiger partial charge in [0.15, 0.2) is 0 Å². The van der Waals surface area contributed by atoms with Gasteiger partial charge >= 0.3 is 5.97 Å². The standard InChI is InChI=1S/C18H20N2O4/c1-3-24-16-9-6-14(7-10-16)19-18(23)13(2)20-12-4-5-15(20)8-11-17(21)22/h4-13H,3H2,1-2H3,(H,19,23)(H,21,22)/b11-8+. The molecular formula is C18H20N2O4. The van der Waals surface area contributed by atoms with Crippen LogP contribution in [0.4, 0.5) is 5.69 Å². The average Bonchev–Trinajstić information content (AvgIpc) is 3.02. The molecule has 1 aromatic heterocycles.